The Bertz CT molecular complexity index is 660. The van der Waals surface area contributed by atoms with Crippen LogP contribution in [0.15, 0.2) is 0 Å². The van der Waals surface area contributed by atoms with Gasteiger partial charge in [0.25, 0.3) is 0 Å². The predicted octanol–water partition coefficient (Wildman–Crippen LogP) is 1.06. The van der Waals surface area contributed by atoms with Crippen LogP contribution in [0.25, 0.3) is 0 Å². The zero-order valence-electron chi connectivity index (χ0n) is 13.7. The van der Waals surface area contributed by atoms with Gasteiger partial charge < -0.3 is 9.47 Å². The van der Waals surface area contributed by atoms with Crippen molar-refractivity contribution in [2.45, 2.75) is 63.5 Å². The lowest BCUT2D eigenvalue weighted by Gasteiger charge is -2.31. The highest BCUT2D eigenvalue weighted by Crippen LogP contribution is 2.32. The van der Waals surface area contributed by atoms with E-state index < -0.39 is 12.0 Å². The van der Waals surface area contributed by atoms with Crippen molar-refractivity contribution in [2.75, 3.05) is 6.54 Å². The van der Waals surface area contributed by atoms with Gasteiger partial charge in [-0.15, -0.1) is 10.2 Å². The van der Waals surface area contributed by atoms with Gasteiger partial charge >= 0.3 is 6.18 Å². The van der Waals surface area contributed by atoms with Gasteiger partial charge in [0.05, 0.1) is 6.54 Å². The molecule has 2 fully saturated rings. The number of carbonyl (C=O) groups is 1. The van der Waals surface area contributed by atoms with E-state index in [0.717, 1.165) is 30.3 Å². The largest absolute Gasteiger partial charge is 0.451 e. The maximum Gasteiger partial charge on any atom is 0.451 e. The quantitative estimate of drug-likeness (QED) is 0.785. The summed E-state index contributed by atoms with van der Waals surface area (Å²) in [6.07, 6.45) is 0.958. The maximum absolute atomic E-state index is 12.9. The molecule has 1 aromatic rings. The number of hydrazine groups is 1. The molecule has 1 amide bonds. The van der Waals surface area contributed by atoms with E-state index in [1.54, 1.807) is 4.90 Å². The molecule has 138 valence electrons. The third kappa shape index (κ3) is 3.01. The first kappa shape index (κ1) is 16.8. The topological polar surface area (TPSA) is 75.1 Å². The number of aromatic nitrogens is 3. The minimum Gasteiger partial charge on any atom is -0.332 e. The Hall–Kier alpha value is -1.68. The summed E-state index contributed by atoms with van der Waals surface area (Å²) in [5.74, 6) is -0.625. The summed E-state index contributed by atoms with van der Waals surface area (Å²) in [6.45, 7) is 0.372. The maximum atomic E-state index is 12.9. The van der Waals surface area contributed by atoms with Crippen molar-refractivity contribution >= 4 is 5.91 Å². The van der Waals surface area contributed by atoms with Crippen LogP contribution >= 0.6 is 0 Å². The van der Waals surface area contributed by atoms with E-state index in [1.165, 1.54) is 6.42 Å². The molecule has 3 unspecified atom stereocenters. The molecular formula is C15H21F3N6O. The Morgan fingerprint density at radius 3 is 2.68 bits per heavy atom. The number of hydrogen-bond donors (Lipinski definition) is 2. The molecule has 7 nitrogen and oxygen atoms in total. The lowest BCUT2D eigenvalue weighted by Crippen LogP contribution is -2.50. The number of alkyl halides is 3. The number of rotatable bonds is 1. The third-order valence-corrected chi connectivity index (χ3v) is 5.51. The van der Waals surface area contributed by atoms with E-state index in [2.05, 4.69) is 21.0 Å². The summed E-state index contributed by atoms with van der Waals surface area (Å²) in [6, 6.07) is -0.0265. The number of fused-ring (bicyclic) bond motifs is 2. The molecule has 10 heteroatoms. The van der Waals surface area contributed by atoms with E-state index in [4.69, 9.17) is 0 Å². The Labute approximate surface area is 142 Å². The first-order valence-corrected chi connectivity index (χ1v) is 8.74. The van der Waals surface area contributed by atoms with E-state index in [0.29, 0.717) is 6.04 Å². The van der Waals surface area contributed by atoms with Crippen LogP contribution in [0.2, 0.25) is 0 Å². The lowest BCUT2D eigenvalue weighted by atomic mass is 9.89. The van der Waals surface area contributed by atoms with Crippen LogP contribution in [-0.2, 0) is 24.1 Å². The second-order valence-corrected chi connectivity index (χ2v) is 7.02. The van der Waals surface area contributed by atoms with Crippen molar-refractivity contribution in [3.63, 3.8) is 0 Å². The molecule has 1 aliphatic carbocycles. The molecule has 2 N–H and O–H groups in total. The fourth-order valence-corrected chi connectivity index (χ4v) is 4.22. The van der Waals surface area contributed by atoms with Crippen LogP contribution in [0.3, 0.4) is 0 Å². The summed E-state index contributed by atoms with van der Waals surface area (Å²) in [5.41, 5.74) is 6.35. The van der Waals surface area contributed by atoms with Gasteiger partial charge in [-0.1, -0.05) is 19.3 Å². The van der Waals surface area contributed by atoms with Crippen LogP contribution < -0.4 is 10.9 Å². The highest BCUT2D eigenvalue weighted by atomic mass is 19.4. The fourth-order valence-electron chi connectivity index (χ4n) is 4.22. The average Bonchev–Trinajstić information content (AvgIpc) is 3.11. The van der Waals surface area contributed by atoms with E-state index in [1.807, 2.05) is 0 Å². The molecule has 0 spiro atoms. The molecule has 0 bridgehead atoms. The Balaban J connectivity index is 1.48. The van der Waals surface area contributed by atoms with Crippen LogP contribution in [-0.4, -0.2) is 44.2 Å². The molecule has 1 aromatic heterocycles. The zero-order chi connectivity index (χ0) is 17.6. The Morgan fingerprint density at radius 1 is 1.08 bits per heavy atom. The third-order valence-electron chi connectivity index (χ3n) is 5.51. The predicted molar refractivity (Wildman–Crippen MR) is 80.9 cm³/mol. The minimum atomic E-state index is -4.53. The van der Waals surface area contributed by atoms with E-state index in [-0.39, 0.29) is 43.3 Å². The molecular weight excluding hydrogens is 337 g/mol. The second-order valence-electron chi connectivity index (χ2n) is 7.02. The van der Waals surface area contributed by atoms with Gasteiger partial charge in [-0.05, 0) is 12.8 Å². The normalized spacial score (nSPS) is 29.9. The molecule has 1 saturated heterocycles. The molecule has 0 radical (unpaired) electrons. The molecule has 2 aliphatic heterocycles. The van der Waals surface area contributed by atoms with Gasteiger partial charge in [-0.3, -0.25) is 10.2 Å². The highest BCUT2D eigenvalue weighted by molar-refractivity contribution is 5.82. The molecule has 0 aromatic carbocycles. The van der Waals surface area contributed by atoms with Gasteiger partial charge in [-0.25, -0.2) is 5.43 Å². The van der Waals surface area contributed by atoms with Crippen molar-refractivity contribution in [2.24, 2.45) is 5.92 Å². The summed E-state index contributed by atoms with van der Waals surface area (Å²) in [7, 11) is 0. The van der Waals surface area contributed by atoms with Gasteiger partial charge in [0.15, 0.2) is 5.82 Å². The first-order valence-electron chi connectivity index (χ1n) is 8.74. The molecule has 1 saturated carbocycles. The van der Waals surface area contributed by atoms with Crippen LogP contribution in [0.4, 0.5) is 13.2 Å². The zero-order valence-corrected chi connectivity index (χ0v) is 13.7. The van der Waals surface area contributed by atoms with Crippen molar-refractivity contribution in [3.8, 4) is 0 Å². The highest BCUT2D eigenvalue weighted by Gasteiger charge is 2.44. The van der Waals surface area contributed by atoms with Gasteiger partial charge in [-0.2, -0.15) is 13.2 Å². The van der Waals surface area contributed by atoms with Crippen molar-refractivity contribution < 1.29 is 18.0 Å². The van der Waals surface area contributed by atoms with E-state index in [9.17, 15) is 18.0 Å². The molecule has 4 rings (SSSR count). The second kappa shape index (κ2) is 6.24. The number of nitrogens with zero attached hydrogens (tertiary/aromatic N) is 4. The molecule has 25 heavy (non-hydrogen) atoms. The minimum absolute atomic E-state index is 0.0651. The van der Waals surface area contributed by atoms with Crippen molar-refractivity contribution in [3.05, 3.63) is 11.6 Å². The first-order chi connectivity index (χ1) is 11.9. The summed E-state index contributed by atoms with van der Waals surface area (Å²) in [5, 5.41) is 6.90. The summed E-state index contributed by atoms with van der Waals surface area (Å²) < 4.78 is 39.8. The molecule has 3 heterocycles. The number of nitrogens with one attached hydrogen (secondary N) is 2. The van der Waals surface area contributed by atoms with Crippen molar-refractivity contribution in [1.82, 2.24) is 30.5 Å². The number of amides is 1. The monoisotopic (exact) mass is 358 g/mol. The molecule has 3 aliphatic rings. The Morgan fingerprint density at radius 2 is 1.88 bits per heavy atom. The summed E-state index contributed by atoms with van der Waals surface area (Å²) in [4.78, 5) is 14.5. The van der Waals surface area contributed by atoms with Gasteiger partial charge in [0, 0.05) is 25.0 Å². The van der Waals surface area contributed by atoms with Crippen LogP contribution in [0.5, 0.6) is 0 Å². The standard InChI is InChI=1S/C15H21F3N6O/c16-15(17,18)14-22-20-11-8-23(6-7-24(11)14)13(25)12-9-4-2-1-3-5-10(9)19-21-12/h9-10,12,19,21H,1-8H2. The van der Waals surface area contributed by atoms with Crippen LogP contribution in [0.1, 0.15) is 43.8 Å². The van der Waals surface area contributed by atoms with Gasteiger partial charge in [0.1, 0.15) is 6.04 Å². The van der Waals surface area contributed by atoms with Crippen LogP contribution in [0, 0.1) is 5.92 Å². The fraction of sp³-hybridized carbons (Fsp3) is 0.800. The number of hydrogen-bond acceptors (Lipinski definition) is 5. The summed E-state index contributed by atoms with van der Waals surface area (Å²) >= 11 is 0. The van der Waals surface area contributed by atoms with Gasteiger partial charge in [0.2, 0.25) is 11.7 Å². The molecule has 3 atom stereocenters. The SMILES string of the molecule is O=C(C1NNC2CCCCCC21)N1CCn2c(nnc2C(F)(F)F)C1. The number of carbonyl (C=O) groups excluding carboxylic acids is 1. The average molecular weight is 358 g/mol. The smallest absolute Gasteiger partial charge is 0.332 e. The lowest BCUT2D eigenvalue weighted by molar-refractivity contribution is -0.148. The van der Waals surface area contributed by atoms with E-state index >= 15 is 0 Å². The van der Waals surface area contributed by atoms with Crippen molar-refractivity contribution in [1.29, 1.82) is 0 Å². The number of halogens is 3. The Kier molecular flexibility index (Phi) is 4.19.